The van der Waals surface area contributed by atoms with Gasteiger partial charge in [0.25, 0.3) is 5.91 Å². The third-order valence-electron chi connectivity index (χ3n) is 5.67. The molecule has 8 heteroatoms. The van der Waals surface area contributed by atoms with Gasteiger partial charge in [-0.25, -0.2) is 9.48 Å². The zero-order chi connectivity index (χ0) is 19.9. The molecule has 1 saturated heterocycles. The molecule has 146 valence electrons. The number of anilines is 1. The molecule has 1 aromatic carbocycles. The number of aromatic nitrogens is 2. The second-order valence-corrected chi connectivity index (χ2v) is 7.35. The van der Waals surface area contributed by atoms with Crippen molar-refractivity contribution in [2.75, 3.05) is 11.9 Å². The standard InChI is InChI=1S/C20H23N5O3/c1-3-13(2)25-16(9-11-21-25)22-17(26)12-24-18(27)20(23-19(24)28)10-8-14-6-4-5-7-15(14)20/h4-7,9,11,13H,3,8,10,12H2,1-2H3,(H,22,26)(H,23,28). The fourth-order valence-electron chi connectivity index (χ4n) is 4.00. The summed E-state index contributed by atoms with van der Waals surface area (Å²) < 4.78 is 1.72. The van der Waals surface area contributed by atoms with E-state index in [0.29, 0.717) is 12.2 Å². The topological polar surface area (TPSA) is 96.3 Å². The maximum absolute atomic E-state index is 13.1. The molecule has 2 unspecified atom stereocenters. The van der Waals surface area contributed by atoms with Crippen LogP contribution in [0.3, 0.4) is 0 Å². The highest BCUT2D eigenvalue weighted by Gasteiger charge is 2.55. The van der Waals surface area contributed by atoms with Crippen molar-refractivity contribution < 1.29 is 14.4 Å². The minimum absolute atomic E-state index is 0.125. The van der Waals surface area contributed by atoms with Gasteiger partial charge >= 0.3 is 6.03 Å². The monoisotopic (exact) mass is 381 g/mol. The number of nitrogens with zero attached hydrogens (tertiary/aromatic N) is 3. The summed E-state index contributed by atoms with van der Waals surface area (Å²) >= 11 is 0. The molecule has 2 aromatic rings. The molecule has 2 atom stereocenters. The number of urea groups is 1. The summed E-state index contributed by atoms with van der Waals surface area (Å²) in [4.78, 5) is 39.2. The van der Waals surface area contributed by atoms with Crippen molar-refractivity contribution in [1.29, 1.82) is 0 Å². The zero-order valence-electron chi connectivity index (χ0n) is 15.9. The van der Waals surface area contributed by atoms with E-state index in [1.165, 1.54) is 0 Å². The van der Waals surface area contributed by atoms with Crippen LogP contribution in [0.5, 0.6) is 0 Å². The van der Waals surface area contributed by atoms with E-state index in [1.54, 1.807) is 16.9 Å². The Kier molecular flexibility index (Phi) is 4.41. The van der Waals surface area contributed by atoms with Gasteiger partial charge in [-0.1, -0.05) is 31.2 Å². The Hall–Kier alpha value is -3.16. The molecule has 1 fully saturated rings. The maximum atomic E-state index is 13.1. The molecule has 8 nitrogen and oxygen atoms in total. The molecular weight excluding hydrogens is 358 g/mol. The molecule has 4 rings (SSSR count). The molecule has 0 radical (unpaired) electrons. The lowest BCUT2D eigenvalue weighted by molar-refractivity contribution is -0.134. The molecule has 28 heavy (non-hydrogen) atoms. The van der Waals surface area contributed by atoms with Crippen LogP contribution in [-0.4, -0.2) is 39.1 Å². The SMILES string of the molecule is CCC(C)n1nccc1NC(=O)CN1C(=O)NC2(CCc3ccccc32)C1=O. The van der Waals surface area contributed by atoms with Crippen LogP contribution in [0.4, 0.5) is 10.6 Å². The number of hydrogen-bond acceptors (Lipinski definition) is 4. The Morgan fingerprint density at radius 3 is 2.89 bits per heavy atom. The van der Waals surface area contributed by atoms with Crippen molar-refractivity contribution >= 4 is 23.7 Å². The van der Waals surface area contributed by atoms with E-state index in [9.17, 15) is 14.4 Å². The van der Waals surface area contributed by atoms with Crippen molar-refractivity contribution in [3.05, 3.63) is 47.7 Å². The second-order valence-electron chi connectivity index (χ2n) is 7.35. The zero-order valence-corrected chi connectivity index (χ0v) is 15.9. The van der Waals surface area contributed by atoms with Gasteiger partial charge in [-0.05, 0) is 37.3 Å². The number of nitrogens with one attached hydrogen (secondary N) is 2. The van der Waals surface area contributed by atoms with Crippen LogP contribution in [0.15, 0.2) is 36.5 Å². The van der Waals surface area contributed by atoms with Crippen LogP contribution < -0.4 is 10.6 Å². The van der Waals surface area contributed by atoms with Gasteiger partial charge in [-0.3, -0.25) is 14.5 Å². The molecule has 2 aliphatic rings. The Morgan fingerprint density at radius 1 is 1.32 bits per heavy atom. The molecule has 1 aliphatic heterocycles. The minimum Gasteiger partial charge on any atom is -0.319 e. The van der Waals surface area contributed by atoms with Crippen molar-refractivity contribution in [3.63, 3.8) is 0 Å². The molecular formula is C20H23N5O3. The number of benzene rings is 1. The summed E-state index contributed by atoms with van der Waals surface area (Å²) in [5.41, 5.74) is 0.831. The molecule has 2 heterocycles. The summed E-state index contributed by atoms with van der Waals surface area (Å²) in [6, 6.07) is 8.91. The van der Waals surface area contributed by atoms with Gasteiger partial charge < -0.3 is 10.6 Å². The Balaban J connectivity index is 1.51. The van der Waals surface area contributed by atoms with Crippen LogP contribution in [0.1, 0.15) is 43.9 Å². The third-order valence-corrected chi connectivity index (χ3v) is 5.67. The van der Waals surface area contributed by atoms with Crippen LogP contribution in [0, 0.1) is 0 Å². The van der Waals surface area contributed by atoms with Gasteiger partial charge in [0.1, 0.15) is 17.9 Å². The molecule has 1 aromatic heterocycles. The van der Waals surface area contributed by atoms with E-state index in [-0.39, 0.29) is 18.5 Å². The molecule has 1 spiro atoms. The van der Waals surface area contributed by atoms with Crippen LogP contribution in [0.25, 0.3) is 0 Å². The largest absolute Gasteiger partial charge is 0.325 e. The van der Waals surface area contributed by atoms with Crippen LogP contribution >= 0.6 is 0 Å². The van der Waals surface area contributed by atoms with Gasteiger partial charge in [0.05, 0.1) is 12.2 Å². The van der Waals surface area contributed by atoms with Gasteiger partial charge in [0, 0.05) is 6.07 Å². The number of fused-ring (bicyclic) bond motifs is 2. The Labute approximate surface area is 162 Å². The fraction of sp³-hybridized carbons (Fsp3) is 0.400. The lowest BCUT2D eigenvalue weighted by Crippen LogP contribution is -2.43. The van der Waals surface area contributed by atoms with Gasteiger partial charge in [-0.2, -0.15) is 5.10 Å². The Bertz CT molecular complexity index is 953. The maximum Gasteiger partial charge on any atom is 0.325 e. The summed E-state index contributed by atoms with van der Waals surface area (Å²) in [7, 11) is 0. The summed E-state index contributed by atoms with van der Waals surface area (Å²) in [5, 5.41) is 9.81. The smallest absolute Gasteiger partial charge is 0.319 e. The lowest BCUT2D eigenvalue weighted by atomic mass is 9.92. The van der Waals surface area contributed by atoms with E-state index in [1.807, 2.05) is 38.1 Å². The molecule has 1 aliphatic carbocycles. The first-order valence-corrected chi connectivity index (χ1v) is 9.52. The van der Waals surface area contributed by atoms with Crippen LogP contribution in [-0.2, 0) is 21.5 Å². The van der Waals surface area contributed by atoms with Gasteiger partial charge in [0.15, 0.2) is 0 Å². The van der Waals surface area contributed by atoms with Crippen molar-refractivity contribution in [3.8, 4) is 0 Å². The first-order chi connectivity index (χ1) is 13.5. The number of aryl methyl sites for hydroxylation is 1. The molecule has 4 amide bonds. The first kappa shape index (κ1) is 18.2. The van der Waals surface area contributed by atoms with Gasteiger partial charge in [-0.15, -0.1) is 0 Å². The highest BCUT2D eigenvalue weighted by Crippen LogP contribution is 2.41. The predicted octanol–water partition coefficient (Wildman–Crippen LogP) is 2.19. The first-order valence-electron chi connectivity index (χ1n) is 9.52. The Morgan fingerprint density at radius 2 is 2.11 bits per heavy atom. The van der Waals surface area contributed by atoms with E-state index in [2.05, 4.69) is 15.7 Å². The fourth-order valence-corrected chi connectivity index (χ4v) is 4.00. The predicted molar refractivity (Wildman–Crippen MR) is 103 cm³/mol. The molecule has 2 N–H and O–H groups in total. The highest BCUT2D eigenvalue weighted by molar-refractivity contribution is 6.10. The lowest BCUT2D eigenvalue weighted by Gasteiger charge is -2.22. The average molecular weight is 381 g/mol. The van der Waals surface area contributed by atoms with Crippen LogP contribution in [0.2, 0.25) is 0 Å². The number of imide groups is 1. The van der Waals surface area contributed by atoms with Crippen molar-refractivity contribution in [2.45, 2.75) is 44.7 Å². The van der Waals surface area contributed by atoms with E-state index in [4.69, 9.17) is 0 Å². The number of hydrogen-bond donors (Lipinski definition) is 2. The van der Waals surface area contributed by atoms with Gasteiger partial charge in [0.2, 0.25) is 5.91 Å². The van der Waals surface area contributed by atoms with Crippen molar-refractivity contribution in [2.24, 2.45) is 0 Å². The number of amides is 4. The number of carbonyl (C=O) groups is 3. The molecule has 0 saturated carbocycles. The van der Waals surface area contributed by atoms with E-state index < -0.39 is 17.5 Å². The summed E-state index contributed by atoms with van der Waals surface area (Å²) in [6.07, 6.45) is 3.70. The van der Waals surface area contributed by atoms with E-state index in [0.717, 1.165) is 28.9 Å². The minimum atomic E-state index is -1.05. The van der Waals surface area contributed by atoms with Crippen molar-refractivity contribution in [1.82, 2.24) is 20.0 Å². The number of carbonyl (C=O) groups excluding carboxylic acids is 3. The second kappa shape index (κ2) is 6.78. The third kappa shape index (κ3) is 2.76. The number of rotatable bonds is 5. The quantitative estimate of drug-likeness (QED) is 0.776. The van der Waals surface area contributed by atoms with E-state index >= 15 is 0 Å². The summed E-state index contributed by atoms with van der Waals surface area (Å²) in [5.74, 6) is -0.253. The average Bonchev–Trinajstić information content (AvgIpc) is 3.36. The molecule has 0 bridgehead atoms. The summed E-state index contributed by atoms with van der Waals surface area (Å²) in [6.45, 7) is 3.70. The normalized spacial score (nSPS) is 21.7. The highest BCUT2D eigenvalue weighted by atomic mass is 16.2.